The van der Waals surface area contributed by atoms with Gasteiger partial charge < -0.3 is 9.32 Å². The van der Waals surface area contributed by atoms with Crippen molar-refractivity contribution < 1.29 is 4.42 Å². The number of rotatable bonds is 3. The SMILES string of the molecule is Cc1cc(I)c2ccc3c(C)cc(N(c4cc5c6c(ccc7cccc(c76)C5(C)C)c4)c4cccc5c4oc4ccccc45)c4ccc1c2c34. The van der Waals surface area contributed by atoms with Crippen molar-refractivity contribution in [2.24, 2.45) is 0 Å². The highest BCUT2D eigenvalue weighted by molar-refractivity contribution is 14.1. The molecule has 0 saturated heterocycles. The third kappa shape index (κ3) is 3.58. The maximum absolute atomic E-state index is 6.79. The van der Waals surface area contributed by atoms with Crippen LogP contribution in [-0.4, -0.2) is 0 Å². The van der Waals surface area contributed by atoms with E-state index < -0.39 is 0 Å². The first-order valence-electron chi connectivity index (χ1n) is 17.4. The summed E-state index contributed by atoms with van der Waals surface area (Å²) in [5, 5.41) is 15.5. The minimum Gasteiger partial charge on any atom is -0.454 e. The molecular formula is C47H32INO. The fourth-order valence-corrected chi connectivity index (χ4v) is 10.2. The molecule has 0 N–H and O–H groups in total. The van der Waals surface area contributed by atoms with Crippen molar-refractivity contribution in [2.45, 2.75) is 33.1 Å². The number of furan rings is 1. The monoisotopic (exact) mass is 753 g/mol. The summed E-state index contributed by atoms with van der Waals surface area (Å²) in [5.41, 5.74) is 10.4. The van der Waals surface area contributed by atoms with Crippen molar-refractivity contribution in [3.05, 3.63) is 147 Å². The number of hydrogen-bond acceptors (Lipinski definition) is 2. The molecule has 0 spiro atoms. The summed E-state index contributed by atoms with van der Waals surface area (Å²) in [4.78, 5) is 2.49. The molecule has 0 amide bonds. The van der Waals surface area contributed by atoms with Gasteiger partial charge >= 0.3 is 0 Å². The van der Waals surface area contributed by atoms with Gasteiger partial charge in [0.1, 0.15) is 5.58 Å². The molecule has 1 aromatic heterocycles. The lowest BCUT2D eigenvalue weighted by Gasteiger charge is -2.30. The molecule has 2 nitrogen and oxygen atoms in total. The van der Waals surface area contributed by atoms with Crippen molar-refractivity contribution in [3.8, 4) is 0 Å². The lowest BCUT2D eigenvalue weighted by Crippen LogP contribution is -2.17. The average molecular weight is 754 g/mol. The molecule has 9 aromatic carbocycles. The van der Waals surface area contributed by atoms with Gasteiger partial charge in [-0.3, -0.25) is 0 Å². The summed E-state index contributed by atoms with van der Waals surface area (Å²) in [6.07, 6.45) is 0. The molecule has 0 unspecified atom stereocenters. The number of halogens is 1. The second-order valence-corrected chi connectivity index (χ2v) is 15.9. The van der Waals surface area contributed by atoms with E-state index in [4.69, 9.17) is 4.42 Å². The largest absolute Gasteiger partial charge is 0.454 e. The van der Waals surface area contributed by atoms with Crippen LogP contribution in [0.4, 0.5) is 17.1 Å². The zero-order valence-corrected chi connectivity index (χ0v) is 30.4. The molecule has 1 aliphatic carbocycles. The van der Waals surface area contributed by atoms with Crippen LogP contribution >= 0.6 is 22.6 Å². The normalized spacial score (nSPS) is 13.9. The minimum atomic E-state index is -0.138. The highest BCUT2D eigenvalue weighted by Crippen LogP contribution is 2.53. The second-order valence-electron chi connectivity index (χ2n) is 14.7. The Kier molecular flexibility index (Phi) is 5.60. The fraction of sp³-hybridized carbons (Fsp3) is 0.106. The third-order valence-corrected chi connectivity index (χ3v) is 12.5. The van der Waals surface area contributed by atoms with Crippen molar-refractivity contribution >= 4 is 115 Å². The average Bonchev–Trinajstić information content (AvgIpc) is 3.62. The summed E-state index contributed by atoms with van der Waals surface area (Å²) in [6, 6.07) is 45.3. The van der Waals surface area contributed by atoms with E-state index in [0.717, 1.165) is 39.0 Å². The molecule has 1 heterocycles. The summed E-state index contributed by atoms with van der Waals surface area (Å²) in [7, 11) is 0. The van der Waals surface area contributed by atoms with Gasteiger partial charge in [-0.1, -0.05) is 98.8 Å². The Labute approximate surface area is 303 Å². The van der Waals surface area contributed by atoms with Gasteiger partial charge in [0.15, 0.2) is 5.58 Å². The first kappa shape index (κ1) is 28.7. The van der Waals surface area contributed by atoms with Crippen LogP contribution < -0.4 is 4.90 Å². The van der Waals surface area contributed by atoms with E-state index in [1.54, 1.807) is 0 Å². The van der Waals surface area contributed by atoms with E-state index >= 15 is 0 Å². The standard InChI is InChI=1S/C47H32INO/c1-25-21-38(48)34-19-17-31-26(2)22-40(35-20-18-30(25)44(34)45(31)35)49(39-13-8-11-33-32-10-5-6-14-41(32)50-46(33)39)29-23-28-16-15-27-9-7-12-36-42(27)43(28)37(24-29)47(36,3)4/h5-24H,1-4H3. The van der Waals surface area contributed by atoms with Gasteiger partial charge in [0.05, 0.1) is 11.4 Å². The Bertz CT molecular complexity index is 3090. The number of fused-ring (bicyclic) bond motifs is 3. The highest BCUT2D eigenvalue weighted by atomic mass is 127. The number of benzene rings is 9. The van der Waals surface area contributed by atoms with Crippen molar-refractivity contribution in [1.29, 1.82) is 0 Å². The van der Waals surface area contributed by atoms with Crippen LogP contribution in [0.25, 0.3) is 75.8 Å². The maximum atomic E-state index is 6.79. The number of nitrogens with zero attached hydrogens (tertiary/aromatic N) is 1. The zero-order chi connectivity index (χ0) is 33.6. The molecule has 0 atom stereocenters. The molecule has 1 aliphatic rings. The van der Waals surface area contributed by atoms with Crippen molar-refractivity contribution in [2.75, 3.05) is 4.90 Å². The van der Waals surface area contributed by atoms with Gasteiger partial charge in [0.25, 0.3) is 0 Å². The van der Waals surface area contributed by atoms with Crippen LogP contribution in [0.5, 0.6) is 0 Å². The van der Waals surface area contributed by atoms with Crippen molar-refractivity contribution in [3.63, 3.8) is 0 Å². The number of anilines is 3. The van der Waals surface area contributed by atoms with E-state index in [9.17, 15) is 0 Å². The van der Waals surface area contributed by atoms with Crippen LogP contribution in [-0.2, 0) is 5.41 Å². The molecule has 0 aliphatic heterocycles. The minimum absolute atomic E-state index is 0.138. The predicted molar refractivity (Wildman–Crippen MR) is 221 cm³/mol. The molecule has 0 fully saturated rings. The number of para-hydroxylation sites is 2. The van der Waals surface area contributed by atoms with Gasteiger partial charge in [-0.05, 0) is 144 Å². The summed E-state index contributed by atoms with van der Waals surface area (Å²) in [6.45, 7) is 9.28. The topological polar surface area (TPSA) is 16.4 Å². The van der Waals surface area contributed by atoms with E-state index in [1.165, 1.54) is 79.7 Å². The first-order chi connectivity index (χ1) is 24.3. The first-order valence-corrected chi connectivity index (χ1v) is 18.5. The second kappa shape index (κ2) is 9.76. The molecule has 3 heteroatoms. The molecule has 0 bridgehead atoms. The maximum Gasteiger partial charge on any atom is 0.159 e. The molecule has 10 aromatic rings. The van der Waals surface area contributed by atoms with Crippen molar-refractivity contribution in [1.82, 2.24) is 0 Å². The van der Waals surface area contributed by atoms with Gasteiger partial charge in [0.2, 0.25) is 0 Å². The van der Waals surface area contributed by atoms with Crippen LogP contribution in [0, 0.1) is 17.4 Å². The Hall–Kier alpha value is -5.13. The molecular weight excluding hydrogens is 721 g/mol. The van der Waals surface area contributed by atoms with Gasteiger partial charge in [-0.25, -0.2) is 0 Å². The smallest absolute Gasteiger partial charge is 0.159 e. The fourth-order valence-electron chi connectivity index (χ4n) is 9.29. The molecule has 11 rings (SSSR count). The van der Waals surface area contributed by atoms with E-state index in [2.05, 4.69) is 177 Å². The molecule has 50 heavy (non-hydrogen) atoms. The number of hydrogen-bond donors (Lipinski definition) is 0. The van der Waals surface area contributed by atoms with Crippen LogP contribution in [0.1, 0.15) is 36.1 Å². The summed E-state index contributed by atoms with van der Waals surface area (Å²) >= 11 is 2.51. The van der Waals surface area contributed by atoms with Crippen LogP contribution in [0.15, 0.2) is 126 Å². The van der Waals surface area contributed by atoms with Gasteiger partial charge in [-0.2, -0.15) is 0 Å². The lowest BCUT2D eigenvalue weighted by atomic mass is 9.81. The Morgan fingerprint density at radius 2 is 1.20 bits per heavy atom. The van der Waals surface area contributed by atoms with E-state index in [-0.39, 0.29) is 5.41 Å². The predicted octanol–water partition coefficient (Wildman–Crippen LogP) is 14.1. The third-order valence-electron chi connectivity index (χ3n) is 11.7. The zero-order valence-electron chi connectivity index (χ0n) is 28.3. The highest BCUT2D eigenvalue weighted by Gasteiger charge is 2.35. The molecule has 0 radical (unpaired) electrons. The Morgan fingerprint density at radius 3 is 2.06 bits per heavy atom. The molecule has 238 valence electrons. The van der Waals surface area contributed by atoms with E-state index in [1.807, 2.05) is 0 Å². The number of aryl methyl sites for hydroxylation is 2. The Balaban J connectivity index is 1.30. The summed E-state index contributed by atoms with van der Waals surface area (Å²) in [5.74, 6) is 0. The van der Waals surface area contributed by atoms with E-state index in [0.29, 0.717) is 0 Å². The quantitative estimate of drug-likeness (QED) is 0.132. The Morgan fingerprint density at radius 1 is 0.520 bits per heavy atom. The van der Waals surface area contributed by atoms with Crippen LogP contribution in [0.3, 0.4) is 0 Å². The van der Waals surface area contributed by atoms with Crippen LogP contribution in [0.2, 0.25) is 0 Å². The van der Waals surface area contributed by atoms with Gasteiger partial charge in [0, 0.05) is 30.8 Å². The van der Waals surface area contributed by atoms with Gasteiger partial charge in [-0.15, -0.1) is 0 Å². The summed E-state index contributed by atoms with van der Waals surface area (Å²) < 4.78 is 8.08. The lowest BCUT2D eigenvalue weighted by molar-refractivity contribution is 0.662. The molecule has 0 saturated carbocycles.